The highest BCUT2D eigenvalue weighted by atomic mass is 79.9. The van der Waals surface area contributed by atoms with Gasteiger partial charge in [0, 0.05) is 16.5 Å². The Morgan fingerprint density at radius 2 is 2.28 bits per heavy atom. The summed E-state index contributed by atoms with van der Waals surface area (Å²) in [6.07, 6.45) is 1.22. The molecule has 18 heavy (non-hydrogen) atoms. The molecular formula is C14H14BrNO2. The number of ether oxygens (including phenoxy) is 2. The molecule has 1 aliphatic rings. The zero-order valence-electron chi connectivity index (χ0n) is 9.93. The van der Waals surface area contributed by atoms with E-state index in [4.69, 9.17) is 9.47 Å². The molecule has 1 aliphatic heterocycles. The molecule has 4 heteroatoms. The maximum Gasteiger partial charge on any atom is 0.0893 e. The standard InChI is InChI=1S/C14H14BrNO2/c15-11-2-4-14-10(7-11)1-3-12(16-14)8-18-13-5-6-17-9-13/h1-4,7,13H,5-6,8-9H2/t13-/m0/s1. The van der Waals surface area contributed by atoms with Gasteiger partial charge in [0.15, 0.2) is 0 Å². The molecule has 0 aliphatic carbocycles. The van der Waals surface area contributed by atoms with Crippen molar-refractivity contribution in [1.82, 2.24) is 4.98 Å². The summed E-state index contributed by atoms with van der Waals surface area (Å²) in [5, 5.41) is 1.14. The Morgan fingerprint density at radius 1 is 1.33 bits per heavy atom. The van der Waals surface area contributed by atoms with Crippen molar-refractivity contribution in [2.24, 2.45) is 0 Å². The van der Waals surface area contributed by atoms with E-state index in [1.165, 1.54) is 0 Å². The van der Waals surface area contributed by atoms with Gasteiger partial charge >= 0.3 is 0 Å². The molecule has 0 N–H and O–H groups in total. The van der Waals surface area contributed by atoms with Crippen LogP contribution >= 0.6 is 15.9 Å². The van der Waals surface area contributed by atoms with E-state index in [0.29, 0.717) is 13.2 Å². The van der Waals surface area contributed by atoms with Crippen molar-refractivity contribution in [2.45, 2.75) is 19.1 Å². The topological polar surface area (TPSA) is 31.4 Å². The smallest absolute Gasteiger partial charge is 0.0893 e. The van der Waals surface area contributed by atoms with Gasteiger partial charge in [-0.3, -0.25) is 4.98 Å². The first-order chi connectivity index (χ1) is 8.81. The molecule has 1 aromatic carbocycles. The van der Waals surface area contributed by atoms with Crippen LogP contribution in [0.5, 0.6) is 0 Å². The molecule has 1 fully saturated rings. The van der Waals surface area contributed by atoms with Gasteiger partial charge in [0.2, 0.25) is 0 Å². The van der Waals surface area contributed by atoms with Crippen LogP contribution < -0.4 is 0 Å². The molecular weight excluding hydrogens is 294 g/mol. The highest BCUT2D eigenvalue weighted by molar-refractivity contribution is 9.10. The van der Waals surface area contributed by atoms with E-state index in [0.717, 1.165) is 34.1 Å². The summed E-state index contributed by atoms with van der Waals surface area (Å²) in [6.45, 7) is 2.07. The van der Waals surface area contributed by atoms with Gasteiger partial charge in [-0.25, -0.2) is 0 Å². The molecule has 0 radical (unpaired) electrons. The first-order valence-corrected chi connectivity index (χ1v) is 6.85. The third-order valence-corrected chi connectivity index (χ3v) is 3.56. The molecule has 0 saturated carbocycles. The van der Waals surface area contributed by atoms with Gasteiger partial charge in [0.1, 0.15) is 0 Å². The molecule has 2 heterocycles. The molecule has 3 rings (SSSR count). The minimum atomic E-state index is 0.229. The average molecular weight is 308 g/mol. The quantitative estimate of drug-likeness (QED) is 0.872. The van der Waals surface area contributed by atoms with Gasteiger partial charge in [-0.15, -0.1) is 0 Å². The van der Waals surface area contributed by atoms with Gasteiger partial charge in [-0.05, 0) is 30.7 Å². The maximum atomic E-state index is 5.76. The lowest BCUT2D eigenvalue weighted by atomic mass is 10.2. The second-order valence-electron chi connectivity index (χ2n) is 4.44. The first kappa shape index (κ1) is 12.1. The van der Waals surface area contributed by atoms with Gasteiger partial charge in [0.05, 0.1) is 30.5 Å². The minimum Gasteiger partial charge on any atom is -0.379 e. The van der Waals surface area contributed by atoms with E-state index in [1.54, 1.807) is 0 Å². The van der Waals surface area contributed by atoms with Gasteiger partial charge in [-0.2, -0.15) is 0 Å². The summed E-state index contributed by atoms with van der Waals surface area (Å²) in [4.78, 5) is 4.59. The summed E-state index contributed by atoms with van der Waals surface area (Å²) in [5.74, 6) is 0. The van der Waals surface area contributed by atoms with Crippen LogP contribution in [0.25, 0.3) is 10.9 Å². The van der Waals surface area contributed by atoms with Crippen molar-refractivity contribution in [3.63, 3.8) is 0 Å². The summed E-state index contributed by atoms with van der Waals surface area (Å²) in [5.41, 5.74) is 1.97. The maximum absolute atomic E-state index is 5.76. The molecule has 1 saturated heterocycles. The van der Waals surface area contributed by atoms with E-state index < -0.39 is 0 Å². The molecule has 2 aromatic rings. The number of pyridine rings is 1. The van der Waals surface area contributed by atoms with Crippen LogP contribution in [-0.2, 0) is 16.1 Å². The minimum absolute atomic E-state index is 0.229. The lowest BCUT2D eigenvalue weighted by Gasteiger charge is -2.09. The molecule has 0 bridgehead atoms. The number of benzene rings is 1. The Kier molecular flexibility index (Phi) is 3.59. The van der Waals surface area contributed by atoms with Crippen molar-refractivity contribution < 1.29 is 9.47 Å². The molecule has 0 unspecified atom stereocenters. The van der Waals surface area contributed by atoms with Crippen molar-refractivity contribution >= 4 is 26.8 Å². The zero-order valence-corrected chi connectivity index (χ0v) is 11.5. The molecule has 1 atom stereocenters. The lowest BCUT2D eigenvalue weighted by molar-refractivity contribution is 0.0303. The highest BCUT2D eigenvalue weighted by Crippen LogP contribution is 2.19. The second-order valence-corrected chi connectivity index (χ2v) is 5.35. The molecule has 3 nitrogen and oxygen atoms in total. The van der Waals surface area contributed by atoms with E-state index in [2.05, 4.69) is 33.0 Å². The van der Waals surface area contributed by atoms with Crippen LogP contribution in [0.1, 0.15) is 12.1 Å². The van der Waals surface area contributed by atoms with Crippen molar-refractivity contribution in [1.29, 1.82) is 0 Å². The average Bonchev–Trinajstić information content (AvgIpc) is 2.89. The van der Waals surface area contributed by atoms with Crippen molar-refractivity contribution in [3.8, 4) is 0 Å². The first-order valence-electron chi connectivity index (χ1n) is 6.06. The number of halogens is 1. The Balaban J connectivity index is 1.74. The van der Waals surface area contributed by atoms with Crippen LogP contribution in [0.15, 0.2) is 34.8 Å². The number of rotatable bonds is 3. The summed E-state index contributed by atoms with van der Waals surface area (Å²) in [7, 11) is 0. The van der Waals surface area contributed by atoms with Crippen LogP contribution in [0.3, 0.4) is 0 Å². The van der Waals surface area contributed by atoms with Crippen LogP contribution in [0.4, 0.5) is 0 Å². The highest BCUT2D eigenvalue weighted by Gasteiger charge is 2.16. The van der Waals surface area contributed by atoms with E-state index >= 15 is 0 Å². The fourth-order valence-electron chi connectivity index (χ4n) is 2.07. The Labute approximate surface area is 114 Å². The Hall–Kier alpha value is -0.970. The third kappa shape index (κ3) is 2.71. The normalized spacial score (nSPS) is 19.5. The number of hydrogen-bond acceptors (Lipinski definition) is 3. The van der Waals surface area contributed by atoms with E-state index in [-0.39, 0.29) is 6.10 Å². The van der Waals surface area contributed by atoms with E-state index in [1.807, 2.05) is 18.2 Å². The molecule has 94 valence electrons. The second kappa shape index (κ2) is 5.34. The molecule has 0 amide bonds. The number of nitrogens with zero attached hydrogens (tertiary/aromatic N) is 1. The monoisotopic (exact) mass is 307 g/mol. The van der Waals surface area contributed by atoms with Gasteiger partial charge in [0.25, 0.3) is 0 Å². The predicted octanol–water partition coefficient (Wildman–Crippen LogP) is 3.30. The van der Waals surface area contributed by atoms with Crippen molar-refractivity contribution in [3.05, 3.63) is 40.5 Å². The van der Waals surface area contributed by atoms with Gasteiger partial charge in [-0.1, -0.05) is 22.0 Å². The summed E-state index contributed by atoms with van der Waals surface area (Å²) < 4.78 is 12.1. The molecule has 0 spiro atoms. The Morgan fingerprint density at radius 3 is 3.11 bits per heavy atom. The fraction of sp³-hybridized carbons (Fsp3) is 0.357. The van der Waals surface area contributed by atoms with Crippen molar-refractivity contribution in [2.75, 3.05) is 13.2 Å². The number of aromatic nitrogens is 1. The van der Waals surface area contributed by atoms with Gasteiger partial charge < -0.3 is 9.47 Å². The lowest BCUT2D eigenvalue weighted by Crippen LogP contribution is -2.12. The van der Waals surface area contributed by atoms with E-state index in [9.17, 15) is 0 Å². The van der Waals surface area contributed by atoms with Crippen LogP contribution in [-0.4, -0.2) is 24.3 Å². The summed E-state index contributed by atoms with van der Waals surface area (Å²) >= 11 is 3.46. The fourth-order valence-corrected chi connectivity index (χ4v) is 2.45. The number of hydrogen-bond donors (Lipinski definition) is 0. The summed E-state index contributed by atoms with van der Waals surface area (Å²) in [6, 6.07) is 10.2. The largest absolute Gasteiger partial charge is 0.379 e. The molecule has 1 aromatic heterocycles. The zero-order chi connectivity index (χ0) is 12.4. The Bertz CT molecular complexity index is 552. The van der Waals surface area contributed by atoms with Crippen LogP contribution in [0, 0.1) is 0 Å². The SMILES string of the molecule is Brc1ccc2nc(CO[C@H]3CCOC3)ccc2c1. The predicted molar refractivity (Wildman–Crippen MR) is 73.5 cm³/mol. The number of fused-ring (bicyclic) bond motifs is 1. The van der Waals surface area contributed by atoms with Crippen LogP contribution in [0.2, 0.25) is 0 Å². The third-order valence-electron chi connectivity index (χ3n) is 3.06.